The number of ether oxygens (including phenoxy) is 1. The average Bonchev–Trinajstić information content (AvgIpc) is 2.34. The molecule has 0 saturated carbocycles. The molecule has 0 aliphatic heterocycles. The Kier molecular flexibility index (Phi) is 4.62. The molecule has 104 valence electrons. The Morgan fingerprint density at radius 3 is 2.65 bits per heavy atom. The third-order valence-corrected chi connectivity index (χ3v) is 3.62. The van der Waals surface area contributed by atoms with Crippen molar-refractivity contribution in [1.29, 1.82) is 0 Å². The van der Waals surface area contributed by atoms with Gasteiger partial charge in [0, 0.05) is 22.3 Å². The van der Waals surface area contributed by atoms with E-state index in [1.54, 1.807) is 19.1 Å². The molecule has 1 heterocycles. The number of hydrogen-bond acceptors (Lipinski definition) is 4. The van der Waals surface area contributed by atoms with Crippen LogP contribution in [0.3, 0.4) is 0 Å². The summed E-state index contributed by atoms with van der Waals surface area (Å²) in [6.07, 6.45) is 1.40. The highest BCUT2D eigenvalue weighted by molar-refractivity contribution is 9.10. The van der Waals surface area contributed by atoms with Gasteiger partial charge in [-0.2, -0.15) is 0 Å². The molecule has 20 heavy (non-hydrogen) atoms. The lowest BCUT2D eigenvalue weighted by atomic mass is 10.2. The average molecular weight is 422 g/mol. The van der Waals surface area contributed by atoms with Crippen LogP contribution in [0.25, 0.3) is 0 Å². The van der Waals surface area contributed by atoms with E-state index >= 15 is 0 Å². The lowest BCUT2D eigenvalue weighted by Gasteiger charge is -2.10. The first-order valence-electron chi connectivity index (χ1n) is 5.32. The van der Waals surface area contributed by atoms with E-state index in [1.165, 1.54) is 12.3 Å². The monoisotopic (exact) mass is 420 g/mol. The van der Waals surface area contributed by atoms with E-state index < -0.39 is 4.92 Å². The first kappa shape index (κ1) is 15.2. The molecule has 0 saturated heterocycles. The Labute approximate surface area is 136 Å². The zero-order valence-electron chi connectivity index (χ0n) is 10.1. The van der Waals surface area contributed by atoms with Gasteiger partial charge in [0.2, 0.25) is 11.6 Å². The van der Waals surface area contributed by atoms with Gasteiger partial charge >= 0.3 is 5.69 Å². The van der Waals surface area contributed by atoms with Crippen LogP contribution in [0.2, 0.25) is 5.02 Å². The fraction of sp³-hybridized carbons (Fsp3) is 0.0833. The largest absolute Gasteiger partial charge is 0.430 e. The van der Waals surface area contributed by atoms with E-state index in [9.17, 15) is 10.1 Å². The van der Waals surface area contributed by atoms with Gasteiger partial charge in [0.15, 0.2) is 0 Å². The molecule has 0 fully saturated rings. The molecule has 0 radical (unpaired) electrons. The molecule has 0 spiro atoms. The fourth-order valence-electron chi connectivity index (χ4n) is 1.55. The zero-order valence-corrected chi connectivity index (χ0v) is 14.0. The standard InChI is InChI=1S/C12H7Br2ClN2O3/c1-6-2-7(13)3-10(17(18)19)11(6)20-12-9(14)4-8(15)5-16-12/h2-5H,1H3. The predicted octanol–water partition coefficient (Wildman–Crippen LogP) is 5.27. The van der Waals surface area contributed by atoms with E-state index in [2.05, 4.69) is 36.8 Å². The van der Waals surface area contributed by atoms with Gasteiger partial charge in [-0.25, -0.2) is 4.98 Å². The Bertz CT molecular complexity index is 695. The van der Waals surface area contributed by atoms with Gasteiger partial charge in [0.25, 0.3) is 0 Å². The van der Waals surface area contributed by atoms with Crippen molar-refractivity contribution < 1.29 is 9.66 Å². The minimum Gasteiger partial charge on any atom is -0.430 e. The van der Waals surface area contributed by atoms with Crippen LogP contribution >= 0.6 is 43.5 Å². The summed E-state index contributed by atoms with van der Waals surface area (Å²) in [6, 6.07) is 4.71. The van der Waals surface area contributed by atoms with Crippen molar-refractivity contribution in [2.45, 2.75) is 6.92 Å². The van der Waals surface area contributed by atoms with Gasteiger partial charge in [0.05, 0.1) is 14.4 Å². The van der Waals surface area contributed by atoms with Crippen molar-refractivity contribution >= 4 is 49.1 Å². The van der Waals surface area contributed by atoms with Crippen LogP contribution in [-0.4, -0.2) is 9.91 Å². The zero-order chi connectivity index (χ0) is 14.9. The van der Waals surface area contributed by atoms with Crippen LogP contribution in [0.1, 0.15) is 5.56 Å². The molecule has 2 rings (SSSR count). The van der Waals surface area contributed by atoms with Gasteiger partial charge in [-0.1, -0.05) is 27.5 Å². The van der Waals surface area contributed by atoms with Crippen LogP contribution in [0.4, 0.5) is 5.69 Å². The van der Waals surface area contributed by atoms with Crippen molar-refractivity contribution in [3.05, 3.63) is 54.0 Å². The minimum atomic E-state index is -0.503. The molecule has 0 atom stereocenters. The lowest BCUT2D eigenvalue weighted by Crippen LogP contribution is -1.97. The molecule has 5 nitrogen and oxygen atoms in total. The van der Waals surface area contributed by atoms with Crippen molar-refractivity contribution in [2.75, 3.05) is 0 Å². The molecule has 2 aromatic rings. The number of rotatable bonds is 3. The SMILES string of the molecule is Cc1cc(Br)cc([N+](=O)[O-])c1Oc1ncc(Cl)cc1Br. The summed E-state index contributed by atoms with van der Waals surface area (Å²) in [6.45, 7) is 1.72. The van der Waals surface area contributed by atoms with E-state index in [4.69, 9.17) is 16.3 Å². The number of nitro groups is 1. The molecular weight excluding hydrogens is 415 g/mol. The summed E-state index contributed by atoms with van der Waals surface area (Å²) >= 11 is 12.3. The predicted molar refractivity (Wildman–Crippen MR) is 82.6 cm³/mol. The van der Waals surface area contributed by atoms with Crippen molar-refractivity contribution in [2.24, 2.45) is 0 Å². The molecular formula is C12H7Br2ClN2O3. The highest BCUT2D eigenvalue weighted by atomic mass is 79.9. The van der Waals surface area contributed by atoms with Crippen LogP contribution in [0.5, 0.6) is 11.6 Å². The maximum absolute atomic E-state index is 11.1. The van der Waals surface area contributed by atoms with E-state index in [1.807, 2.05) is 0 Å². The molecule has 0 aliphatic carbocycles. The Morgan fingerprint density at radius 2 is 2.05 bits per heavy atom. The van der Waals surface area contributed by atoms with Gasteiger partial charge in [-0.15, -0.1) is 0 Å². The van der Waals surface area contributed by atoms with E-state index in [0.29, 0.717) is 19.5 Å². The van der Waals surface area contributed by atoms with Gasteiger partial charge in [0.1, 0.15) is 0 Å². The Hall–Kier alpha value is -1.18. The summed E-state index contributed by atoms with van der Waals surface area (Å²) < 4.78 is 6.69. The molecule has 0 aliphatic rings. The number of benzene rings is 1. The van der Waals surface area contributed by atoms with Gasteiger partial charge < -0.3 is 4.74 Å². The molecule has 0 N–H and O–H groups in total. The number of halogens is 3. The molecule has 1 aromatic heterocycles. The number of hydrogen-bond donors (Lipinski definition) is 0. The maximum Gasteiger partial charge on any atom is 0.313 e. The summed E-state index contributed by atoms with van der Waals surface area (Å²) in [7, 11) is 0. The summed E-state index contributed by atoms with van der Waals surface area (Å²) in [5.41, 5.74) is 0.482. The van der Waals surface area contributed by atoms with Crippen molar-refractivity contribution in [1.82, 2.24) is 4.98 Å². The van der Waals surface area contributed by atoms with Crippen LogP contribution in [0.15, 0.2) is 33.3 Å². The van der Waals surface area contributed by atoms with Crippen LogP contribution < -0.4 is 4.74 Å². The third kappa shape index (κ3) is 3.28. The summed E-state index contributed by atoms with van der Waals surface area (Å²) in [4.78, 5) is 14.6. The topological polar surface area (TPSA) is 65.3 Å². The number of aromatic nitrogens is 1. The highest BCUT2D eigenvalue weighted by Crippen LogP contribution is 2.38. The lowest BCUT2D eigenvalue weighted by molar-refractivity contribution is -0.385. The number of aryl methyl sites for hydroxylation is 1. The minimum absolute atomic E-state index is 0.138. The van der Waals surface area contributed by atoms with Crippen LogP contribution in [0, 0.1) is 17.0 Å². The number of nitro benzene ring substituents is 1. The van der Waals surface area contributed by atoms with Crippen LogP contribution in [-0.2, 0) is 0 Å². The number of nitrogens with zero attached hydrogens (tertiary/aromatic N) is 2. The second kappa shape index (κ2) is 6.07. The summed E-state index contributed by atoms with van der Waals surface area (Å²) in [5.74, 6) is 0.358. The smallest absolute Gasteiger partial charge is 0.313 e. The maximum atomic E-state index is 11.1. The molecule has 8 heteroatoms. The van der Waals surface area contributed by atoms with Gasteiger partial charge in [-0.3, -0.25) is 10.1 Å². The third-order valence-electron chi connectivity index (χ3n) is 2.39. The quantitative estimate of drug-likeness (QED) is 0.499. The Morgan fingerprint density at radius 1 is 1.35 bits per heavy atom. The molecule has 0 unspecified atom stereocenters. The second-order valence-electron chi connectivity index (χ2n) is 3.87. The van der Waals surface area contributed by atoms with E-state index in [0.717, 1.165) is 0 Å². The molecule has 0 amide bonds. The first-order valence-corrected chi connectivity index (χ1v) is 7.28. The fourth-order valence-corrected chi connectivity index (χ4v) is 2.83. The normalized spacial score (nSPS) is 10.4. The van der Waals surface area contributed by atoms with E-state index in [-0.39, 0.29) is 17.3 Å². The molecule has 1 aromatic carbocycles. The van der Waals surface area contributed by atoms with Crippen molar-refractivity contribution in [3.63, 3.8) is 0 Å². The Balaban J connectivity index is 2.50. The number of pyridine rings is 1. The highest BCUT2D eigenvalue weighted by Gasteiger charge is 2.21. The summed E-state index contributed by atoms with van der Waals surface area (Å²) in [5, 5.41) is 11.5. The molecule has 0 bridgehead atoms. The van der Waals surface area contributed by atoms with Gasteiger partial charge in [-0.05, 0) is 35.0 Å². The van der Waals surface area contributed by atoms with Crippen molar-refractivity contribution in [3.8, 4) is 11.6 Å². The second-order valence-corrected chi connectivity index (χ2v) is 6.08. The first-order chi connectivity index (χ1) is 9.38.